The quantitative estimate of drug-likeness (QED) is 0.582. The summed E-state index contributed by atoms with van der Waals surface area (Å²) < 4.78 is 5.52. The van der Waals surface area contributed by atoms with Crippen LogP contribution >= 0.6 is 11.8 Å². The van der Waals surface area contributed by atoms with E-state index in [4.69, 9.17) is 4.74 Å². The van der Waals surface area contributed by atoms with Gasteiger partial charge in [-0.05, 0) is 38.0 Å². The molecule has 176 valence electrons. The Balaban J connectivity index is 1.34. The lowest BCUT2D eigenvalue weighted by atomic mass is 10.1. The molecule has 0 radical (unpaired) electrons. The number of carbonyl (C=O) groups excluding carboxylic acids is 2. The van der Waals surface area contributed by atoms with Crippen LogP contribution in [0.5, 0.6) is 5.75 Å². The van der Waals surface area contributed by atoms with Crippen LogP contribution in [-0.2, 0) is 11.3 Å². The molecule has 0 bridgehead atoms. The summed E-state index contributed by atoms with van der Waals surface area (Å²) >= 11 is 1.48. The summed E-state index contributed by atoms with van der Waals surface area (Å²) in [4.78, 5) is 32.9. The number of nitrogens with zero attached hydrogens (tertiary/aromatic N) is 3. The summed E-state index contributed by atoms with van der Waals surface area (Å²) in [7, 11) is 1.71. The fourth-order valence-corrected chi connectivity index (χ4v) is 5.46. The van der Waals surface area contributed by atoms with Crippen LogP contribution in [0.4, 0.5) is 0 Å². The highest BCUT2D eigenvalue weighted by molar-refractivity contribution is 8.00. The largest absolute Gasteiger partial charge is 0.496 e. The first-order valence-corrected chi connectivity index (χ1v) is 12.7. The summed E-state index contributed by atoms with van der Waals surface area (Å²) in [5.74, 6) is 1.52. The molecule has 2 aromatic rings. The topological polar surface area (TPSA) is 53.1 Å². The SMILES string of the molecule is COc1ccc(C)cc1CN1CCN(C(=O)c2ccccc2SCC(=O)N2CCCC2)CC1. The maximum atomic E-state index is 13.3. The minimum atomic E-state index is 0.0551. The number of piperazine rings is 1. The first-order valence-electron chi connectivity index (χ1n) is 11.7. The Bertz CT molecular complexity index is 982. The predicted molar refractivity (Wildman–Crippen MR) is 132 cm³/mol. The van der Waals surface area contributed by atoms with Gasteiger partial charge in [0, 0.05) is 56.3 Å². The Morgan fingerprint density at radius 2 is 1.67 bits per heavy atom. The Hall–Kier alpha value is -2.51. The Morgan fingerprint density at radius 3 is 2.39 bits per heavy atom. The van der Waals surface area contributed by atoms with E-state index in [1.54, 1.807) is 7.11 Å². The van der Waals surface area contributed by atoms with Crippen molar-refractivity contribution in [3.05, 3.63) is 59.2 Å². The van der Waals surface area contributed by atoms with Crippen molar-refractivity contribution in [2.75, 3.05) is 52.1 Å². The summed E-state index contributed by atoms with van der Waals surface area (Å²) in [6.07, 6.45) is 2.18. The zero-order valence-corrected chi connectivity index (χ0v) is 20.4. The van der Waals surface area contributed by atoms with Crippen molar-refractivity contribution < 1.29 is 14.3 Å². The van der Waals surface area contributed by atoms with Crippen LogP contribution in [0.25, 0.3) is 0 Å². The third kappa shape index (κ3) is 5.89. The van der Waals surface area contributed by atoms with Crippen LogP contribution in [0.1, 0.15) is 34.3 Å². The molecule has 0 spiro atoms. The van der Waals surface area contributed by atoms with Crippen LogP contribution in [0.15, 0.2) is 47.4 Å². The second kappa shape index (κ2) is 11.1. The minimum Gasteiger partial charge on any atom is -0.496 e. The molecule has 4 rings (SSSR count). The number of amides is 2. The molecule has 0 atom stereocenters. The van der Waals surface area contributed by atoms with Crippen molar-refractivity contribution in [1.82, 2.24) is 14.7 Å². The van der Waals surface area contributed by atoms with E-state index in [1.807, 2.05) is 40.1 Å². The first kappa shape index (κ1) is 23.6. The molecule has 2 aromatic carbocycles. The van der Waals surface area contributed by atoms with Gasteiger partial charge >= 0.3 is 0 Å². The van der Waals surface area contributed by atoms with Gasteiger partial charge in [0.15, 0.2) is 0 Å². The lowest BCUT2D eigenvalue weighted by molar-refractivity contribution is -0.127. The molecule has 33 heavy (non-hydrogen) atoms. The zero-order valence-electron chi connectivity index (χ0n) is 19.6. The van der Waals surface area contributed by atoms with E-state index in [-0.39, 0.29) is 11.8 Å². The van der Waals surface area contributed by atoms with E-state index in [9.17, 15) is 9.59 Å². The monoisotopic (exact) mass is 467 g/mol. The Labute approximate surface area is 200 Å². The molecular formula is C26H33N3O3S. The fourth-order valence-electron chi connectivity index (χ4n) is 4.52. The lowest BCUT2D eigenvalue weighted by Gasteiger charge is -2.35. The molecule has 2 saturated heterocycles. The van der Waals surface area contributed by atoms with E-state index in [1.165, 1.54) is 22.9 Å². The van der Waals surface area contributed by atoms with E-state index in [0.29, 0.717) is 24.4 Å². The van der Waals surface area contributed by atoms with Gasteiger partial charge in [-0.2, -0.15) is 0 Å². The zero-order chi connectivity index (χ0) is 23.2. The van der Waals surface area contributed by atoms with Gasteiger partial charge in [0.25, 0.3) is 5.91 Å². The average Bonchev–Trinajstić information content (AvgIpc) is 3.38. The third-order valence-electron chi connectivity index (χ3n) is 6.42. The molecule has 2 amide bonds. The van der Waals surface area contributed by atoms with Crippen molar-refractivity contribution in [2.24, 2.45) is 0 Å². The van der Waals surface area contributed by atoms with Gasteiger partial charge in [0.2, 0.25) is 5.91 Å². The van der Waals surface area contributed by atoms with E-state index in [0.717, 1.165) is 56.2 Å². The number of likely N-dealkylation sites (tertiary alicyclic amines) is 1. The van der Waals surface area contributed by atoms with Gasteiger partial charge in [0.05, 0.1) is 18.4 Å². The van der Waals surface area contributed by atoms with E-state index < -0.39 is 0 Å². The summed E-state index contributed by atoms with van der Waals surface area (Å²) in [6.45, 7) is 7.66. The smallest absolute Gasteiger partial charge is 0.255 e. The third-order valence-corrected chi connectivity index (χ3v) is 7.48. The molecule has 2 fully saturated rings. The minimum absolute atomic E-state index is 0.0551. The lowest BCUT2D eigenvalue weighted by Crippen LogP contribution is -2.48. The molecular weight excluding hydrogens is 434 g/mol. The number of hydrogen-bond acceptors (Lipinski definition) is 5. The second-order valence-electron chi connectivity index (χ2n) is 8.76. The van der Waals surface area contributed by atoms with Gasteiger partial charge in [-0.25, -0.2) is 0 Å². The number of hydrogen-bond donors (Lipinski definition) is 0. The number of methoxy groups -OCH3 is 1. The summed E-state index contributed by atoms with van der Waals surface area (Å²) in [5, 5.41) is 0. The molecule has 2 aliphatic rings. The van der Waals surface area contributed by atoms with Gasteiger partial charge < -0.3 is 14.5 Å². The maximum absolute atomic E-state index is 13.3. The molecule has 0 saturated carbocycles. The van der Waals surface area contributed by atoms with Crippen LogP contribution in [0.2, 0.25) is 0 Å². The van der Waals surface area contributed by atoms with Crippen molar-refractivity contribution in [2.45, 2.75) is 31.2 Å². The first-order chi connectivity index (χ1) is 16.0. The Morgan fingerprint density at radius 1 is 0.939 bits per heavy atom. The average molecular weight is 468 g/mol. The highest BCUT2D eigenvalue weighted by Crippen LogP contribution is 2.26. The van der Waals surface area contributed by atoms with Crippen LogP contribution < -0.4 is 4.74 Å². The highest BCUT2D eigenvalue weighted by atomic mass is 32.2. The van der Waals surface area contributed by atoms with Crippen molar-refractivity contribution >= 4 is 23.6 Å². The van der Waals surface area contributed by atoms with Crippen LogP contribution in [0.3, 0.4) is 0 Å². The number of thioether (sulfide) groups is 1. The van der Waals surface area contributed by atoms with Crippen LogP contribution in [0, 0.1) is 6.92 Å². The second-order valence-corrected chi connectivity index (χ2v) is 9.77. The fraction of sp³-hybridized carbons (Fsp3) is 0.462. The number of rotatable bonds is 7. The standard InChI is InChI=1S/C26H33N3O3S/c1-20-9-10-23(32-2)21(17-20)18-27-13-15-29(16-14-27)26(31)22-7-3-4-8-24(22)33-19-25(30)28-11-5-6-12-28/h3-4,7-10,17H,5-6,11-16,18-19H2,1-2H3. The van der Waals surface area contributed by atoms with Crippen molar-refractivity contribution in [1.29, 1.82) is 0 Å². The van der Waals surface area contributed by atoms with Crippen molar-refractivity contribution in [3.8, 4) is 5.75 Å². The highest BCUT2D eigenvalue weighted by Gasteiger charge is 2.25. The molecule has 6 nitrogen and oxygen atoms in total. The van der Waals surface area contributed by atoms with E-state index in [2.05, 4.69) is 24.0 Å². The number of aryl methyl sites for hydroxylation is 1. The molecule has 0 N–H and O–H groups in total. The molecule has 7 heteroatoms. The molecule has 0 aromatic heterocycles. The van der Waals surface area contributed by atoms with E-state index >= 15 is 0 Å². The molecule has 2 heterocycles. The van der Waals surface area contributed by atoms with Crippen LogP contribution in [-0.4, -0.2) is 78.6 Å². The molecule has 2 aliphatic heterocycles. The Kier molecular flexibility index (Phi) is 7.93. The van der Waals surface area contributed by atoms with Gasteiger partial charge in [-0.1, -0.05) is 29.8 Å². The number of carbonyl (C=O) groups is 2. The summed E-state index contributed by atoms with van der Waals surface area (Å²) in [6, 6.07) is 13.9. The molecule has 0 unspecified atom stereocenters. The summed E-state index contributed by atoms with van der Waals surface area (Å²) in [5.41, 5.74) is 3.10. The predicted octanol–water partition coefficient (Wildman–Crippen LogP) is 3.68. The maximum Gasteiger partial charge on any atom is 0.255 e. The van der Waals surface area contributed by atoms with Gasteiger partial charge in [-0.3, -0.25) is 14.5 Å². The molecule has 0 aliphatic carbocycles. The number of ether oxygens (including phenoxy) is 1. The van der Waals surface area contributed by atoms with Gasteiger partial charge in [-0.15, -0.1) is 11.8 Å². The normalized spacial score (nSPS) is 16.8. The van der Waals surface area contributed by atoms with Gasteiger partial charge in [0.1, 0.15) is 5.75 Å². The van der Waals surface area contributed by atoms with Crippen molar-refractivity contribution in [3.63, 3.8) is 0 Å². The number of benzene rings is 2.